The minimum absolute atomic E-state index is 0.0952. The molecule has 0 spiro atoms. The zero-order chi connectivity index (χ0) is 25.6. The molecule has 2 atom stereocenters. The lowest BCUT2D eigenvalue weighted by molar-refractivity contribution is -0.142. The van der Waals surface area contributed by atoms with Gasteiger partial charge >= 0.3 is 21.2 Å². The molecule has 0 radical (unpaired) electrons. The average molecular weight is 543 g/mol. The van der Waals surface area contributed by atoms with Crippen LogP contribution in [0.1, 0.15) is 71.6 Å². The first kappa shape index (κ1) is 31.4. The highest BCUT2D eigenvalue weighted by Gasteiger charge is 2.48. The van der Waals surface area contributed by atoms with Crippen molar-refractivity contribution >= 4 is 32.9 Å². The van der Waals surface area contributed by atoms with E-state index in [4.69, 9.17) is 27.2 Å². The Kier molecular flexibility index (Phi) is 15.0. The number of carbonyl (C=O) groups excluding carboxylic acids is 1. The Labute approximate surface area is 208 Å². The van der Waals surface area contributed by atoms with Crippen molar-refractivity contribution in [1.29, 1.82) is 0 Å². The molecule has 2 unspecified atom stereocenters. The third kappa shape index (κ3) is 9.45. The first-order chi connectivity index (χ1) is 16.2. The Balaban J connectivity index is 3.49. The molecular formula is C22H40O9P2S. The smallest absolute Gasteiger partial charge is 0.342 e. The second-order valence-electron chi connectivity index (χ2n) is 7.13. The number of thioether (sulfide) groups is 1. The van der Waals surface area contributed by atoms with Crippen LogP contribution in [-0.2, 0) is 42.9 Å². The van der Waals surface area contributed by atoms with Gasteiger partial charge in [-0.2, -0.15) is 0 Å². The van der Waals surface area contributed by atoms with E-state index in [1.807, 2.05) is 0 Å². The normalized spacial score (nSPS) is 14.2. The molecule has 0 saturated heterocycles. The first-order valence-corrected chi connectivity index (χ1v) is 16.3. The molecule has 0 amide bonds. The molecule has 1 aromatic heterocycles. The average Bonchev–Trinajstić information content (AvgIpc) is 3.21. The predicted octanol–water partition coefficient (Wildman–Crippen LogP) is 6.82. The van der Waals surface area contributed by atoms with Crippen LogP contribution in [0.4, 0.5) is 0 Å². The van der Waals surface area contributed by atoms with Gasteiger partial charge in [0.1, 0.15) is 28.6 Å². The number of esters is 1. The van der Waals surface area contributed by atoms with E-state index in [0.717, 1.165) is 12.8 Å². The fraction of sp³-hybridized carbons (Fsp3) is 0.773. The highest BCUT2D eigenvalue weighted by atomic mass is 32.2. The Morgan fingerprint density at radius 2 is 1.50 bits per heavy atom. The Bertz CT molecular complexity index is 794. The van der Waals surface area contributed by atoms with E-state index in [1.165, 1.54) is 11.8 Å². The van der Waals surface area contributed by atoms with Crippen molar-refractivity contribution in [2.24, 2.45) is 0 Å². The summed E-state index contributed by atoms with van der Waals surface area (Å²) in [6.07, 6.45) is 1.72. The van der Waals surface area contributed by atoms with Crippen LogP contribution in [0.5, 0.6) is 0 Å². The lowest BCUT2D eigenvalue weighted by Gasteiger charge is -2.30. The van der Waals surface area contributed by atoms with Gasteiger partial charge in [-0.25, -0.2) is 0 Å². The van der Waals surface area contributed by atoms with Crippen molar-refractivity contribution in [2.45, 2.75) is 71.5 Å². The summed E-state index contributed by atoms with van der Waals surface area (Å²) in [7, 11) is -7.27. The van der Waals surface area contributed by atoms with Gasteiger partial charge in [0, 0.05) is 0 Å². The van der Waals surface area contributed by atoms with Crippen molar-refractivity contribution in [2.75, 3.05) is 38.8 Å². The van der Waals surface area contributed by atoms with E-state index < -0.39 is 32.1 Å². The predicted molar refractivity (Wildman–Crippen MR) is 135 cm³/mol. The van der Waals surface area contributed by atoms with Crippen molar-refractivity contribution in [1.82, 2.24) is 0 Å². The van der Waals surface area contributed by atoms with Gasteiger partial charge in [0.05, 0.1) is 33.0 Å². The van der Waals surface area contributed by atoms with Crippen LogP contribution >= 0.6 is 27.0 Å². The molecule has 0 saturated carbocycles. The summed E-state index contributed by atoms with van der Waals surface area (Å²) < 4.78 is 60.3. The third-order valence-corrected chi connectivity index (χ3v) is 10.6. The molecule has 1 rings (SSSR count). The van der Waals surface area contributed by atoms with Gasteiger partial charge in [-0.1, -0.05) is 13.3 Å². The van der Waals surface area contributed by atoms with Crippen LogP contribution < -0.4 is 0 Å². The lowest BCUT2D eigenvalue weighted by Crippen LogP contribution is -2.29. The highest BCUT2D eigenvalue weighted by molar-refractivity contribution is 8.00. The molecule has 12 heteroatoms. The number of furan rings is 1. The van der Waals surface area contributed by atoms with E-state index in [9.17, 15) is 13.9 Å². The van der Waals surface area contributed by atoms with Gasteiger partial charge in [-0.15, -0.1) is 11.8 Å². The molecule has 0 bridgehead atoms. The van der Waals surface area contributed by atoms with Crippen LogP contribution in [0.15, 0.2) is 16.5 Å². The van der Waals surface area contributed by atoms with Crippen LogP contribution in [0.25, 0.3) is 0 Å². The van der Waals surface area contributed by atoms with Crippen molar-refractivity contribution < 1.29 is 41.2 Å². The molecule has 34 heavy (non-hydrogen) atoms. The summed E-state index contributed by atoms with van der Waals surface area (Å²) in [6.45, 7) is 11.5. The van der Waals surface area contributed by atoms with Crippen molar-refractivity contribution in [3.8, 4) is 0 Å². The maximum Gasteiger partial charge on any atom is 0.342 e. The number of unbranched alkanes of at least 4 members (excludes halogenated alkanes) is 1. The zero-order valence-corrected chi connectivity index (χ0v) is 23.8. The quantitative estimate of drug-likeness (QED) is 0.105. The van der Waals surface area contributed by atoms with E-state index in [2.05, 4.69) is 6.92 Å². The molecule has 0 N–H and O–H groups in total. The van der Waals surface area contributed by atoms with Crippen molar-refractivity contribution in [3.05, 3.63) is 23.7 Å². The van der Waals surface area contributed by atoms with Gasteiger partial charge in [0.15, 0.2) is 0 Å². The van der Waals surface area contributed by atoms with Gasteiger partial charge in [-0.05, 0) is 58.9 Å². The van der Waals surface area contributed by atoms with Gasteiger partial charge in [-0.3, -0.25) is 13.9 Å². The maximum absolute atomic E-state index is 14.0. The van der Waals surface area contributed by atoms with Crippen LogP contribution in [0, 0.1) is 0 Å². The van der Waals surface area contributed by atoms with Crippen LogP contribution in [0.3, 0.4) is 0 Å². The Morgan fingerprint density at radius 3 is 2.00 bits per heavy atom. The standard InChI is InChI=1S/C22H40O9P2S/c1-7-13-16-34-21(22(23)26-8-2)20(33(25,29-11-5)30-12-6)19-15-14-18(31-19)17-32(24,27-9-3)28-10-4/h14-15,20-21H,7-13,16-17H2,1-6H3. The molecule has 1 heterocycles. The van der Waals surface area contributed by atoms with E-state index in [0.29, 0.717) is 11.5 Å². The number of ether oxygens (including phenoxy) is 1. The molecule has 0 aliphatic carbocycles. The second-order valence-corrected chi connectivity index (χ2v) is 12.6. The Morgan fingerprint density at radius 1 is 0.912 bits per heavy atom. The molecule has 0 aromatic carbocycles. The summed E-state index contributed by atoms with van der Waals surface area (Å²) in [6, 6.07) is 3.23. The Hall–Kier alpha value is -0.600. The fourth-order valence-corrected chi connectivity index (χ4v) is 8.80. The maximum atomic E-state index is 14.0. The number of hydrogen-bond acceptors (Lipinski definition) is 10. The van der Waals surface area contributed by atoms with Crippen LogP contribution in [-0.4, -0.2) is 50.0 Å². The van der Waals surface area contributed by atoms with Gasteiger partial charge in [0.2, 0.25) is 0 Å². The molecule has 9 nitrogen and oxygen atoms in total. The second kappa shape index (κ2) is 16.2. The van der Waals surface area contributed by atoms with Crippen LogP contribution in [0.2, 0.25) is 0 Å². The van der Waals surface area contributed by atoms with E-state index >= 15 is 0 Å². The molecular weight excluding hydrogens is 502 g/mol. The van der Waals surface area contributed by atoms with Gasteiger partial charge < -0.3 is 27.2 Å². The molecule has 0 fully saturated rings. The van der Waals surface area contributed by atoms with E-state index in [-0.39, 0.29) is 45.0 Å². The highest BCUT2D eigenvalue weighted by Crippen LogP contribution is 2.64. The lowest BCUT2D eigenvalue weighted by atomic mass is 10.2. The van der Waals surface area contributed by atoms with E-state index in [1.54, 1.807) is 46.8 Å². The molecule has 0 aliphatic rings. The number of hydrogen-bond donors (Lipinski definition) is 0. The minimum atomic E-state index is -3.84. The summed E-state index contributed by atoms with van der Waals surface area (Å²) in [4.78, 5) is 13.0. The monoisotopic (exact) mass is 542 g/mol. The minimum Gasteiger partial charge on any atom is -0.465 e. The largest absolute Gasteiger partial charge is 0.465 e. The zero-order valence-electron chi connectivity index (χ0n) is 21.2. The topological polar surface area (TPSA) is 111 Å². The fourth-order valence-electron chi connectivity index (χ4n) is 3.25. The van der Waals surface area contributed by atoms with Gasteiger partial charge in [0.25, 0.3) is 0 Å². The molecule has 1 aromatic rings. The first-order valence-electron chi connectivity index (χ1n) is 11.9. The molecule has 0 aliphatic heterocycles. The number of carbonyl (C=O) groups is 1. The summed E-state index contributed by atoms with van der Waals surface area (Å²) >= 11 is 1.34. The van der Waals surface area contributed by atoms with Crippen molar-refractivity contribution in [3.63, 3.8) is 0 Å². The summed E-state index contributed by atoms with van der Waals surface area (Å²) in [5, 5.41) is -0.875. The SMILES string of the molecule is CCCCSC(C(=O)OCC)C(c1ccc(CP(=O)(OCC)OCC)o1)P(=O)(OCC)OCC. The summed E-state index contributed by atoms with van der Waals surface area (Å²) in [5.74, 6) is 0.708. The summed E-state index contributed by atoms with van der Waals surface area (Å²) in [5.41, 5.74) is -1.04. The number of rotatable bonds is 19. The third-order valence-electron chi connectivity index (χ3n) is 4.53. The molecule has 198 valence electrons.